The maximum atomic E-state index is 3.75. The van der Waals surface area contributed by atoms with Crippen LogP contribution in [0.25, 0.3) is 10.9 Å². The number of aryl methyl sites for hydroxylation is 1. The number of nitrogens with one attached hydrogen (secondary N) is 2. The molecule has 0 bridgehead atoms. The number of H-pyrrole nitrogens is 1. The first-order chi connectivity index (χ1) is 13.3. The summed E-state index contributed by atoms with van der Waals surface area (Å²) in [5, 5.41) is 7.30. The van der Waals surface area contributed by atoms with E-state index in [0.29, 0.717) is 6.04 Å². The Labute approximate surface area is 166 Å². The Kier molecular flexibility index (Phi) is 5.93. The molecule has 0 radical (unpaired) electrons. The van der Waals surface area contributed by atoms with E-state index in [-0.39, 0.29) is 0 Å². The molecule has 144 valence electrons. The summed E-state index contributed by atoms with van der Waals surface area (Å²) in [5.41, 5.74) is 4.06. The minimum Gasteiger partial charge on any atom is -0.361 e. The molecule has 0 spiro atoms. The number of aromatic amines is 1. The summed E-state index contributed by atoms with van der Waals surface area (Å²) >= 11 is 1.88. The van der Waals surface area contributed by atoms with E-state index in [1.54, 1.807) is 0 Å². The lowest BCUT2D eigenvalue weighted by molar-refractivity contribution is 0.111. The number of fused-ring (bicyclic) bond motifs is 1. The first-order valence-corrected chi connectivity index (χ1v) is 10.9. The highest BCUT2D eigenvalue weighted by atomic mass is 32.1. The molecule has 4 nitrogen and oxygen atoms in total. The van der Waals surface area contributed by atoms with Crippen LogP contribution in [-0.2, 0) is 13.0 Å². The van der Waals surface area contributed by atoms with Crippen LogP contribution in [0.3, 0.4) is 0 Å². The molecular formula is C22H30N4S. The Balaban J connectivity index is 1.44. The minimum absolute atomic E-state index is 0.468. The number of likely N-dealkylation sites (N-methyl/N-ethyl adjacent to an activating group) is 1. The van der Waals surface area contributed by atoms with Gasteiger partial charge in [-0.3, -0.25) is 4.90 Å². The van der Waals surface area contributed by atoms with Crippen LogP contribution in [-0.4, -0.2) is 54.6 Å². The molecule has 0 aliphatic carbocycles. The molecule has 1 atom stereocenters. The molecule has 4 rings (SSSR count). The van der Waals surface area contributed by atoms with Crippen molar-refractivity contribution in [2.75, 3.05) is 39.8 Å². The predicted molar refractivity (Wildman–Crippen MR) is 116 cm³/mol. The molecule has 3 aromatic rings. The maximum Gasteiger partial charge on any atom is 0.0567 e. The number of hydrogen-bond donors (Lipinski definition) is 2. The zero-order valence-corrected chi connectivity index (χ0v) is 17.2. The highest BCUT2D eigenvalue weighted by molar-refractivity contribution is 7.10. The fraction of sp³-hybridized carbons (Fsp3) is 0.455. The summed E-state index contributed by atoms with van der Waals surface area (Å²) in [5.74, 6) is 0. The van der Waals surface area contributed by atoms with Crippen molar-refractivity contribution in [1.82, 2.24) is 20.1 Å². The van der Waals surface area contributed by atoms with Crippen molar-refractivity contribution in [2.45, 2.75) is 25.9 Å². The van der Waals surface area contributed by atoms with E-state index < -0.39 is 0 Å². The average Bonchev–Trinajstić information content (AvgIpc) is 3.36. The first kappa shape index (κ1) is 18.7. The summed E-state index contributed by atoms with van der Waals surface area (Å²) in [7, 11) is 2.22. The zero-order valence-electron chi connectivity index (χ0n) is 16.4. The van der Waals surface area contributed by atoms with E-state index in [4.69, 9.17) is 0 Å². The largest absolute Gasteiger partial charge is 0.361 e. The van der Waals surface area contributed by atoms with Gasteiger partial charge >= 0.3 is 0 Å². The van der Waals surface area contributed by atoms with Crippen molar-refractivity contribution >= 4 is 22.2 Å². The van der Waals surface area contributed by atoms with Gasteiger partial charge < -0.3 is 15.2 Å². The number of rotatable bonds is 7. The van der Waals surface area contributed by atoms with Crippen LogP contribution >= 0.6 is 11.3 Å². The Bertz CT molecular complexity index is 846. The summed E-state index contributed by atoms with van der Waals surface area (Å²) in [6, 6.07) is 11.6. The smallest absolute Gasteiger partial charge is 0.0567 e. The summed E-state index contributed by atoms with van der Waals surface area (Å²) in [4.78, 5) is 10.0. The first-order valence-electron chi connectivity index (χ1n) is 10.0. The van der Waals surface area contributed by atoms with E-state index >= 15 is 0 Å². The van der Waals surface area contributed by atoms with Gasteiger partial charge in [-0.2, -0.15) is 0 Å². The zero-order chi connectivity index (χ0) is 18.6. The molecule has 1 aliphatic heterocycles. The molecule has 1 fully saturated rings. The monoisotopic (exact) mass is 382 g/mol. The van der Waals surface area contributed by atoms with Crippen LogP contribution in [0.15, 0.2) is 41.9 Å². The van der Waals surface area contributed by atoms with Crippen LogP contribution in [0.4, 0.5) is 0 Å². The van der Waals surface area contributed by atoms with Crippen LogP contribution in [0, 0.1) is 0 Å². The fourth-order valence-electron chi connectivity index (χ4n) is 4.08. The number of piperazine rings is 1. The minimum atomic E-state index is 0.468. The van der Waals surface area contributed by atoms with Crippen LogP contribution in [0.1, 0.15) is 29.0 Å². The van der Waals surface area contributed by atoms with Crippen LogP contribution in [0.2, 0.25) is 0 Å². The van der Waals surface area contributed by atoms with Gasteiger partial charge in [0, 0.05) is 61.2 Å². The van der Waals surface area contributed by atoms with Gasteiger partial charge in [-0.1, -0.05) is 31.2 Å². The second-order valence-corrected chi connectivity index (χ2v) is 8.49. The van der Waals surface area contributed by atoms with Crippen molar-refractivity contribution in [2.24, 2.45) is 0 Å². The van der Waals surface area contributed by atoms with E-state index in [2.05, 4.69) is 76.0 Å². The van der Waals surface area contributed by atoms with Gasteiger partial charge in [-0.25, -0.2) is 0 Å². The number of para-hydroxylation sites is 1. The molecule has 2 aromatic heterocycles. The van der Waals surface area contributed by atoms with Gasteiger partial charge in [0.15, 0.2) is 0 Å². The molecule has 5 heteroatoms. The standard InChI is InChI=1S/C22H30N4S/c1-3-17-6-4-7-19-18(15-24-22(17)19)14-23-16-20(21-8-5-13-27-21)26-11-9-25(2)10-12-26/h4-8,13,15,20,23-24H,3,9-12,14,16H2,1-2H3. The molecule has 27 heavy (non-hydrogen) atoms. The van der Waals surface area contributed by atoms with Gasteiger partial charge in [-0.15, -0.1) is 11.3 Å². The third-order valence-electron chi connectivity index (χ3n) is 5.77. The van der Waals surface area contributed by atoms with Gasteiger partial charge in [0.1, 0.15) is 0 Å². The highest BCUT2D eigenvalue weighted by Crippen LogP contribution is 2.26. The van der Waals surface area contributed by atoms with Gasteiger partial charge in [0.2, 0.25) is 0 Å². The number of hydrogen-bond acceptors (Lipinski definition) is 4. The van der Waals surface area contributed by atoms with Gasteiger partial charge in [0.05, 0.1) is 6.04 Å². The number of nitrogens with zero attached hydrogens (tertiary/aromatic N) is 2. The van der Waals surface area contributed by atoms with Crippen LogP contribution in [0.5, 0.6) is 0 Å². The highest BCUT2D eigenvalue weighted by Gasteiger charge is 2.24. The predicted octanol–water partition coefficient (Wildman–Crippen LogP) is 3.87. The second-order valence-electron chi connectivity index (χ2n) is 7.51. The number of benzene rings is 1. The third-order valence-corrected chi connectivity index (χ3v) is 6.75. The Morgan fingerprint density at radius 3 is 2.70 bits per heavy atom. The van der Waals surface area contributed by atoms with E-state index in [0.717, 1.165) is 45.7 Å². The second kappa shape index (κ2) is 8.57. The lowest BCUT2D eigenvalue weighted by Gasteiger charge is -2.37. The SMILES string of the molecule is CCc1cccc2c(CNCC(c3cccs3)N3CCN(C)CC3)c[nH]c12. The normalized spacial score (nSPS) is 17.6. The lowest BCUT2D eigenvalue weighted by atomic mass is 10.1. The lowest BCUT2D eigenvalue weighted by Crippen LogP contribution is -2.47. The number of aromatic nitrogens is 1. The van der Waals surface area contributed by atoms with Gasteiger partial charge in [0.25, 0.3) is 0 Å². The molecule has 0 saturated carbocycles. The van der Waals surface area contributed by atoms with Crippen molar-refractivity contribution in [3.63, 3.8) is 0 Å². The van der Waals surface area contributed by atoms with E-state index in [1.165, 1.54) is 26.9 Å². The average molecular weight is 383 g/mol. The molecule has 2 N–H and O–H groups in total. The summed E-state index contributed by atoms with van der Waals surface area (Å²) in [6.07, 6.45) is 3.24. The van der Waals surface area contributed by atoms with Crippen molar-refractivity contribution in [1.29, 1.82) is 0 Å². The summed E-state index contributed by atoms with van der Waals surface area (Å²) in [6.45, 7) is 8.72. The maximum absolute atomic E-state index is 3.75. The molecule has 1 aliphatic rings. The quantitative estimate of drug-likeness (QED) is 0.651. The topological polar surface area (TPSA) is 34.3 Å². The molecule has 1 unspecified atom stereocenters. The van der Waals surface area contributed by atoms with Gasteiger partial charge in [-0.05, 0) is 36.0 Å². The molecule has 0 amide bonds. The van der Waals surface area contributed by atoms with Crippen LogP contribution < -0.4 is 5.32 Å². The fourth-order valence-corrected chi connectivity index (χ4v) is 4.94. The van der Waals surface area contributed by atoms with Crippen molar-refractivity contribution < 1.29 is 0 Å². The molecular weight excluding hydrogens is 352 g/mol. The van der Waals surface area contributed by atoms with Crippen molar-refractivity contribution in [3.8, 4) is 0 Å². The Morgan fingerprint density at radius 2 is 1.96 bits per heavy atom. The Morgan fingerprint density at radius 1 is 1.11 bits per heavy atom. The molecule has 1 saturated heterocycles. The Hall–Kier alpha value is -1.66. The summed E-state index contributed by atoms with van der Waals surface area (Å²) < 4.78 is 0. The number of thiophene rings is 1. The molecule has 1 aromatic carbocycles. The molecule has 3 heterocycles. The van der Waals surface area contributed by atoms with E-state index in [1.807, 2.05) is 11.3 Å². The third kappa shape index (κ3) is 4.11. The van der Waals surface area contributed by atoms with Crippen molar-refractivity contribution in [3.05, 3.63) is 57.9 Å². The van der Waals surface area contributed by atoms with E-state index in [9.17, 15) is 0 Å².